The molecule has 2 aliphatic heterocycles. The maximum Gasteiger partial charge on any atom is 0.327 e. The summed E-state index contributed by atoms with van der Waals surface area (Å²) < 4.78 is 34.0. The van der Waals surface area contributed by atoms with Crippen LogP contribution >= 0.6 is 0 Å². The highest BCUT2D eigenvalue weighted by Gasteiger charge is 2.51. The Balaban J connectivity index is 2.04. The maximum absolute atomic E-state index is 14.5. The number of alkyl halides is 2. The summed E-state index contributed by atoms with van der Waals surface area (Å²) in [5.74, 6) is -6.12. The standard InChI is InChI=1S/C15H24F2N2O4/c1-18-12(20)9-14(22)5-2-6-19(10-14)13(21)15(16,17)11-3-7-23-8-4-11/h11,22H,2-10H2,1H3,(H,18,20). The lowest BCUT2D eigenvalue weighted by atomic mass is 9.87. The van der Waals surface area contributed by atoms with Gasteiger partial charge in [-0.2, -0.15) is 8.78 Å². The molecule has 0 radical (unpaired) electrons. The first kappa shape index (κ1) is 18.1. The van der Waals surface area contributed by atoms with Crippen molar-refractivity contribution >= 4 is 11.8 Å². The minimum absolute atomic E-state index is 0.148. The van der Waals surface area contributed by atoms with Crippen molar-refractivity contribution < 1.29 is 28.2 Å². The summed E-state index contributed by atoms with van der Waals surface area (Å²) in [6.45, 7) is 0.397. The number of likely N-dealkylation sites (tertiary alicyclic amines) is 1. The molecule has 2 N–H and O–H groups in total. The van der Waals surface area contributed by atoms with E-state index in [4.69, 9.17) is 4.74 Å². The fraction of sp³-hybridized carbons (Fsp3) is 0.867. The molecule has 8 heteroatoms. The number of aliphatic hydroxyl groups is 1. The summed E-state index contributed by atoms with van der Waals surface area (Å²) in [5, 5.41) is 12.8. The van der Waals surface area contributed by atoms with E-state index in [9.17, 15) is 23.5 Å². The summed E-state index contributed by atoms with van der Waals surface area (Å²) in [5.41, 5.74) is -1.44. The monoisotopic (exact) mass is 334 g/mol. The number of hydrogen-bond donors (Lipinski definition) is 2. The average Bonchev–Trinajstić information content (AvgIpc) is 2.54. The van der Waals surface area contributed by atoms with Crippen LogP contribution in [0, 0.1) is 5.92 Å². The largest absolute Gasteiger partial charge is 0.388 e. The number of amides is 2. The molecule has 6 nitrogen and oxygen atoms in total. The third kappa shape index (κ3) is 4.17. The zero-order valence-electron chi connectivity index (χ0n) is 13.3. The Kier molecular flexibility index (Phi) is 5.57. The Morgan fingerprint density at radius 2 is 2.04 bits per heavy atom. The zero-order valence-corrected chi connectivity index (χ0v) is 13.3. The fourth-order valence-electron chi connectivity index (χ4n) is 3.26. The molecule has 2 rings (SSSR count). The molecule has 2 aliphatic rings. The van der Waals surface area contributed by atoms with E-state index in [1.165, 1.54) is 7.05 Å². The van der Waals surface area contributed by atoms with Gasteiger partial charge in [-0.25, -0.2) is 0 Å². The Bertz CT molecular complexity index is 455. The smallest absolute Gasteiger partial charge is 0.327 e. The lowest BCUT2D eigenvalue weighted by Crippen LogP contribution is -2.57. The molecule has 0 bridgehead atoms. The molecule has 0 aromatic heterocycles. The lowest BCUT2D eigenvalue weighted by Gasteiger charge is -2.41. The second-order valence-corrected chi connectivity index (χ2v) is 6.41. The van der Waals surface area contributed by atoms with E-state index >= 15 is 0 Å². The molecule has 0 saturated carbocycles. The van der Waals surface area contributed by atoms with Gasteiger partial charge < -0.3 is 20.1 Å². The van der Waals surface area contributed by atoms with E-state index in [2.05, 4.69) is 5.32 Å². The van der Waals surface area contributed by atoms with E-state index in [1.54, 1.807) is 0 Å². The Labute approximate surface area is 134 Å². The minimum atomic E-state index is -3.46. The summed E-state index contributed by atoms with van der Waals surface area (Å²) in [7, 11) is 1.44. The van der Waals surface area contributed by atoms with Gasteiger partial charge in [0.05, 0.1) is 18.6 Å². The maximum atomic E-state index is 14.5. The van der Waals surface area contributed by atoms with Crippen molar-refractivity contribution in [3.05, 3.63) is 0 Å². The SMILES string of the molecule is CNC(=O)CC1(O)CCCN(C(=O)C(F)(F)C2CCOCC2)C1. The Hall–Kier alpha value is -1.28. The second kappa shape index (κ2) is 7.09. The predicted octanol–water partition coefficient (Wildman–Crippen LogP) is 0.538. The molecule has 23 heavy (non-hydrogen) atoms. The van der Waals surface area contributed by atoms with Gasteiger partial charge in [0.2, 0.25) is 5.91 Å². The molecule has 0 spiro atoms. The molecule has 2 amide bonds. The van der Waals surface area contributed by atoms with Gasteiger partial charge in [0.1, 0.15) is 0 Å². The van der Waals surface area contributed by atoms with Crippen LogP contribution in [0.2, 0.25) is 0 Å². The van der Waals surface area contributed by atoms with Crippen LogP contribution in [0.25, 0.3) is 0 Å². The Morgan fingerprint density at radius 3 is 2.65 bits per heavy atom. The van der Waals surface area contributed by atoms with Gasteiger partial charge in [0.25, 0.3) is 5.91 Å². The first-order chi connectivity index (χ1) is 10.8. The number of carbonyl (C=O) groups is 2. The summed E-state index contributed by atoms with van der Waals surface area (Å²) in [6.07, 6.45) is 0.802. The first-order valence-electron chi connectivity index (χ1n) is 7.96. The fourth-order valence-corrected chi connectivity index (χ4v) is 3.26. The molecule has 0 aliphatic carbocycles. The van der Waals surface area contributed by atoms with Gasteiger partial charge in [-0.15, -0.1) is 0 Å². The van der Waals surface area contributed by atoms with E-state index in [0.29, 0.717) is 12.8 Å². The number of carbonyl (C=O) groups excluding carboxylic acids is 2. The van der Waals surface area contributed by atoms with Crippen molar-refractivity contribution in [3.8, 4) is 0 Å². The van der Waals surface area contributed by atoms with Crippen molar-refractivity contribution in [2.45, 2.75) is 43.6 Å². The highest BCUT2D eigenvalue weighted by molar-refractivity contribution is 5.84. The number of nitrogens with one attached hydrogen (secondary N) is 1. The molecular formula is C15H24F2N2O4. The van der Waals surface area contributed by atoms with E-state index in [-0.39, 0.29) is 51.5 Å². The van der Waals surface area contributed by atoms with Gasteiger partial charge in [-0.05, 0) is 25.7 Å². The molecular weight excluding hydrogens is 310 g/mol. The number of nitrogens with zero attached hydrogens (tertiary/aromatic N) is 1. The highest BCUT2D eigenvalue weighted by atomic mass is 19.3. The predicted molar refractivity (Wildman–Crippen MR) is 77.9 cm³/mol. The van der Waals surface area contributed by atoms with E-state index < -0.39 is 23.3 Å². The van der Waals surface area contributed by atoms with Gasteiger partial charge in [-0.1, -0.05) is 0 Å². The van der Waals surface area contributed by atoms with Crippen LogP contribution in [0.1, 0.15) is 32.1 Å². The molecule has 2 heterocycles. The minimum Gasteiger partial charge on any atom is -0.388 e. The van der Waals surface area contributed by atoms with Crippen LogP contribution in [0.4, 0.5) is 8.78 Å². The number of rotatable bonds is 4. The Morgan fingerprint density at radius 1 is 1.39 bits per heavy atom. The molecule has 0 aromatic rings. The molecule has 0 aromatic carbocycles. The highest BCUT2D eigenvalue weighted by Crippen LogP contribution is 2.36. The number of ether oxygens (including phenoxy) is 1. The molecule has 2 saturated heterocycles. The van der Waals surface area contributed by atoms with Crippen molar-refractivity contribution in [3.63, 3.8) is 0 Å². The molecule has 1 unspecified atom stereocenters. The van der Waals surface area contributed by atoms with Crippen LogP contribution < -0.4 is 5.32 Å². The van der Waals surface area contributed by atoms with Gasteiger partial charge in [0, 0.05) is 32.7 Å². The van der Waals surface area contributed by atoms with Crippen LogP contribution in [0.15, 0.2) is 0 Å². The van der Waals surface area contributed by atoms with Crippen molar-refractivity contribution in [2.24, 2.45) is 5.92 Å². The van der Waals surface area contributed by atoms with Gasteiger partial charge in [-0.3, -0.25) is 9.59 Å². The van der Waals surface area contributed by atoms with Crippen molar-refractivity contribution in [1.29, 1.82) is 0 Å². The topological polar surface area (TPSA) is 78.9 Å². The van der Waals surface area contributed by atoms with Gasteiger partial charge in [0.15, 0.2) is 0 Å². The van der Waals surface area contributed by atoms with Crippen molar-refractivity contribution in [2.75, 3.05) is 33.4 Å². The second-order valence-electron chi connectivity index (χ2n) is 6.41. The molecule has 2 fully saturated rings. The zero-order chi connectivity index (χ0) is 17.1. The summed E-state index contributed by atoms with van der Waals surface area (Å²) >= 11 is 0. The number of β-amino-alcohol motifs (C(OH)–C–C–N with tert-alkyl or cyclic N) is 1. The first-order valence-corrected chi connectivity index (χ1v) is 7.96. The number of hydrogen-bond acceptors (Lipinski definition) is 4. The summed E-state index contributed by atoms with van der Waals surface area (Å²) in [4.78, 5) is 24.8. The third-order valence-corrected chi connectivity index (χ3v) is 4.63. The normalized spacial score (nSPS) is 26.9. The number of halogens is 2. The summed E-state index contributed by atoms with van der Waals surface area (Å²) in [6, 6.07) is 0. The van der Waals surface area contributed by atoms with Crippen LogP contribution in [-0.4, -0.2) is 66.7 Å². The van der Waals surface area contributed by atoms with Gasteiger partial charge >= 0.3 is 5.92 Å². The molecule has 132 valence electrons. The van der Waals surface area contributed by atoms with Crippen LogP contribution in [-0.2, 0) is 14.3 Å². The molecule has 1 atom stereocenters. The van der Waals surface area contributed by atoms with Crippen molar-refractivity contribution in [1.82, 2.24) is 10.2 Å². The third-order valence-electron chi connectivity index (χ3n) is 4.63. The van der Waals surface area contributed by atoms with E-state index in [1.807, 2.05) is 0 Å². The lowest BCUT2D eigenvalue weighted by molar-refractivity contribution is -0.177. The van der Waals surface area contributed by atoms with Crippen LogP contribution in [0.3, 0.4) is 0 Å². The number of piperidine rings is 1. The van der Waals surface area contributed by atoms with Crippen LogP contribution in [0.5, 0.6) is 0 Å². The average molecular weight is 334 g/mol. The van der Waals surface area contributed by atoms with E-state index in [0.717, 1.165) is 4.90 Å². The quantitative estimate of drug-likeness (QED) is 0.786.